The molecule has 0 aromatic rings. The smallest absolute Gasteiger partial charge is 0.234 e. The predicted molar refractivity (Wildman–Crippen MR) is 36.2 cm³/mol. The van der Waals surface area contributed by atoms with Gasteiger partial charge in [0.1, 0.15) is 0 Å². The zero-order chi connectivity index (χ0) is 7.11. The number of hydrogen-bond donors (Lipinski definition) is 0. The van der Waals surface area contributed by atoms with Crippen molar-refractivity contribution >= 4 is 6.08 Å². The van der Waals surface area contributed by atoms with Crippen LogP contribution in [0, 0.1) is 0 Å². The van der Waals surface area contributed by atoms with E-state index in [0.717, 1.165) is 13.1 Å². The molecule has 0 unspecified atom stereocenters. The lowest BCUT2D eigenvalue weighted by Crippen LogP contribution is -2.20. The maximum Gasteiger partial charge on any atom is 0.234 e. The highest BCUT2D eigenvalue weighted by molar-refractivity contribution is 5.32. The Hall–Kier alpha value is -0.660. The number of aliphatic imine (C=N–C) groups is 1. The fourth-order valence-electron chi connectivity index (χ4n) is 0.424. The number of isocyanates is 1. The Morgan fingerprint density at radius 1 is 1.67 bits per heavy atom. The molecule has 0 N–H and O–H groups in total. The van der Waals surface area contributed by atoms with E-state index in [1.807, 2.05) is 7.05 Å². The van der Waals surface area contributed by atoms with Gasteiger partial charge in [0.2, 0.25) is 6.08 Å². The summed E-state index contributed by atoms with van der Waals surface area (Å²) in [4.78, 5) is 15.1. The molecule has 0 aromatic heterocycles. The van der Waals surface area contributed by atoms with Crippen molar-refractivity contribution in [2.24, 2.45) is 4.99 Å². The molecule has 0 heterocycles. The van der Waals surface area contributed by atoms with E-state index >= 15 is 0 Å². The Balaban J connectivity index is 3.16. The molecule has 0 spiro atoms. The van der Waals surface area contributed by atoms with Gasteiger partial charge < -0.3 is 4.90 Å². The van der Waals surface area contributed by atoms with Gasteiger partial charge in [-0.2, -0.15) is 0 Å². The summed E-state index contributed by atoms with van der Waals surface area (Å²) in [5.74, 6) is 0. The Labute approximate surface area is 55.4 Å². The van der Waals surface area contributed by atoms with E-state index in [1.54, 1.807) is 0 Å². The van der Waals surface area contributed by atoms with Crippen LogP contribution in [0.15, 0.2) is 4.99 Å². The van der Waals surface area contributed by atoms with Crippen molar-refractivity contribution in [2.75, 3.05) is 26.7 Å². The molecule has 0 atom stereocenters. The molecule has 3 heteroatoms. The first-order valence-corrected chi connectivity index (χ1v) is 3.03. The van der Waals surface area contributed by atoms with Gasteiger partial charge in [0.15, 0.2) is 0 Å². The first-order valence-electron chi connectivity index (χ1n) is 3.03. The molecule has 0 aliphatic rings. The van der Waals surface area contributed by atoms with Crippen molar-refractivity contribution in [3.05, 3.63) is 0 Å². The normalized spacial score (nSPS) is 9.22. The van der Waals surface area contributed by atoms with Crippen molar-refractivity contribution in [3.8, 4) is 0 Å². The maximum absolute atomic E-state index is 9.56. The van der Waals surface area contributed by atoms with Crippen LogP contribution in [-0.4, -0.2) is 37.7 Å². The number of nitrogens with zero attached hydrogens (tertiary/aromatic N) is 2. The van der Waals surface area contributed by atoms with Crippen LogP contribution < -0.4 is 0 Å². The van der Waals surface area contributed by atoms with Gasteiger partial charge in [0.05, 0.1) is 6.54 Å². The molecular formula is C6H12N2O. The Kier molecular flexibility index (Phi) is 5.07. The highest BCUT2D eigenvalue weighted by Crippen LogP contribution is 1.78. The quantitative estimate of drug-likeness (QED) is 0.402. The fraction of sp³-hybridized carbons (Fsp3) is 0.833. The van der Waals surface area contributed by atoms with Crippen molar-refractivity contribution < 1.29 is 4.79 Å². The SMILES string of the molecule is CCN(C)CCN=C=O. The van der Waals surface area contributed by atoms with Gasteiger partial charge in [-0.25, -0.2) is 9.79 Å². The lowest BCUT2D eigenvalue weighted by atomic mass is 10.5. The van der Waals surface area contributed by atoms with Crippen molar-refractivity contribution in [3.63, 3.8) is 0 Å². The molecule has 0 bridgehead atoms. The molecule has 0 radical (unpaired) electrons. The molecule has 0 amide bonds. The molecule has 0 aromatic carbocycles. The highest BCUT2D eigenvalue weighted by Gasteiger charge is 1.89. The summed E-state index contributed by atoms with van der Waals surface area (Å²) in [5.41, 5.74) is 0. The summed E-state index contributed by atoms with van der Waals surface area (Å²) < 4.78 is 0. The van der Waals surface area contributed by atoms with E-state index in [4.69, 9.17) is 0 Å². The maximum atomic E-state index is 9.56. The van der Waals surface area contributed by atoms with Crippen LogP contribution in [0.5, 0.6) is 0 Å². The summed E-state index contributed by atoms with van der Waals surface area (Å²) in [6, 6.07) is 0. The minimum absolute atomic E-state index is 0.563. The first kappa shape index (κ1) is 8.34. The molecular weight excluding hydrogens is 116 g/mol. The van der Waals surface area contributed by atoms with Gasteiger partial charge in [-0.3, -0.25) is 0 Å². The molecule has 52 valence electrons. The summed E-state index contributed by atoms with van der Waals surface area (Å²) in [7, 11) is 1.99. The number of carbonyl (C=O) groups excluding carboxylic acids is 1. The molecule has 0 saturated carbocycles. The highest BCUT2D eigenvalue weighted by atomic mass is 16.1. The van der Waals surface area contributed by atoms with E-state index in [-0.39, 0.29) is 0 Å². The van der Waals surface area contributed by atoms with Crippen LogP contribution in [0.25, 0.3) is 0 Å². The minimum Gasteiger partial charge on any atom is -0.305 e. The topological polar surface area (TPSA) is 32.7 Å². The molecule has 0 saturated heterocycles. The lowest BCUT2D eigenvalue weighted by molar-refractivity contribution is 0.363. The average molecular weight is 128 g/mol. The molecule has 0 aliphatic heterocycles. The van der Waals surface area contributed by atoms with Gasteiger partial charge in [-0.05, 0) is 13.6 Å². The Bertz CT molecular complexity index is 108. The van der Waals surface area contributed by atoms with Gasteiger partial charge >= 0.3 is 0 Å². The zero-order valence-corrected chi connectivity index (χ0v) is 5.92. The predicted octanol–water partition coefficient (Wildman–Crippen LogP) is 0.274. The van der Waals surface area contributed by atoms with Crippen molar-refractivity contribution in [1.82, 2.24) is 4.90 Å². The van der Waals surface area contributed by atoms with E-state index in [0.29, 0.717) is 6.54 Å². The first-order chi connectivity index (χ1) is 4.31. The van der Waals surface area contributed by atoms with Crippen LogP contribution in [0.1, 0.15) is 6.92 Å². The average Bonchev–Trinajstić information content (AvgIpc) is 1.89. The number of hydrogen-bond acceptors (Lipinski definition) is 3. The third-order valence-electron chi connectivity index (χ3n) is 1.20. The van der Waals surface area contributed by atoms with E-state index in [9.17, 15) is 4.79 Å². The third kappa shape index (κ3) is 5.21. The van der Waals surface area contributed by atoms with Crippen molar-refractivity contribution in [1.29, 1.82) is 0 Å². The van der Waals surface area contributed by atoms with Gasteiger partial charge in [-0.1, -0.05) is 6.92 Å². The monoisotopic (exact) mass is 128 g/mol. The van der Waals surface area contributed by atoms with Gasteiger partial charge in [-0.15, -0.1) is 0 Å². The second-order valence-corrected chi connectivity index (χ2v) is 1.87. The van der Waals surface area contributed by atoms with E-state index < -0.39 is 0 Å². The lowest BCUT2D eigenvalue weighted by Gasteiger charge is -2.09. The largest absolute Gasteiger partial charge is 0.305 e. The van der Waals surface area contributed by atoms with Crippen LogP contribution in [-0.2, 0) is 4.79 Å². The molecule has 9 heavy (non-hydrogen) atoms. The summed E-state index contributed by atoms with van der Waals surface area (Å²) >= 11 is 0. The molecule has 0 fully saturated rings. The van der Waals surface area contributed by atoms with Crippen LogP contribution >= 0.6 is 0 Å². The number of rotatable bonds is 4. The molecule has 0 aliphatic carbocycles. The zero-order valence-electron chi connectivity index (χ0n) is 5.92. The van der Waals surface area contributed by atoms with E-state index in [2.05, 4.69) is 16.8 Å². The fourth-order valence-corrected chi connectivity index (χ4v) is 0.424. The van der Waals surface area contributed by atoms with Crippen LogP contribution in [0.3, 0.4) is 0 Å². The second kappa shape index (κ2) is 5.48. The Morgan fingerprint density at radius 3 is 2.78 bits per heavy atom. The van der Waals surface area contributed by atoms with Gasteiger partial charge in [0.25, 0.3) is 0 Å². The summed E-state index contributed by atoms with van der Waals surface area (Å²) in [5, 5.41) is 0. The summed E-state index contributed by atoms with van der Waals surface area (Å²) in [6.45, 7) is 4.46. The van der Waals surface area contributed by atoms with Gasteiger partial charge in [0, 0.05) is 6.54 Å². The standard InChI is InChI=1S/C6H12N2O/c1-3-8(2)5-4-7-6-9/h3-5H2,1-2H3. The molecule has 3 nitrogen and oxygen atoms in total. The second-order valence-electron chi connectivity index (χ2n) is 1.87. The van der Waals surface area contributed by atoms with Crippen LogP contribution in [0.2, 0.25) is 0 Å². The third-order valence-corrected chi connectivity index (χ3v) is 1.20. The minimum atomic E-state index is 0.563. The molecule has 0 rings (SSSR count). The number of likely N-dealkylation sites (N-methyl/N-ethyl adjacent to an activating group) is 1. The van der Waals surface area contributed by atoms with Crippen LogP contribution in [0.4, 0.5) is 0 Å². The summed E-state index contributed by atoms with van der Waals surface area (Å²) in [6.07, 6.45) is 1.50. The van der Waals surface area contributed by atoms with Crippen molar-refractivity contribution in [2.45, 2.75) is 6.92 Å². The Morgan fingerprint density at radius 2 is 2.33 bits per heavy atom. The van der Waals surface area contributed by atoms with E-state index in [1.165, 1.54) is 6.08 Å².